The van der Waals surface area contributed by atoms with Gasteiger partial charge in [0, 0.05) is 4.92 Å². The van der Waals surface area contributed by atoms with E-state index >= 15 is 0 Å². The van der Waals surface area contributed by atoms with Crippen LogP contribution >= 0.6 is 11.8 Å². The maximum absolute atomic E-state index is 11.1. The van der Waals surface area contributed by atoms with Gasteiger partial charge in [0.1, 0.15) is 11.0 Å². The van der Waals surface area contributed by atoms with Gasteiger partial charge in [0.15, 0.2) is 0 Å². The number of hydrogen-bond acceptors (Lipinski definition) is 5. The minimum absolute atomic E-state index is 0.318. The average Bonchev–Trinajstić information content (AvgIpc) is 2.42. The van der Waals surface area contributed by atoms with Crippen molar-refractivity contribution in [3.05, 3.63) is 39.9 Å². The molecule has 0 heterocycles. The van der Waals surface area contributed by atoms with E-state index in [1.807, 2.05) is 0 Å². The van der Waals surface area contributed by atoms with Crippen LogP contribution in [0.25, 0.3) is 0 Å². The summed E-state index contributed by atoms with van der Waals surface area (Å²) in [5, 5.41) is 18.7. The number of carboxylic acid groups (broad SMARTS) is 1. The van der Waals surface area contributed by atoms with Crippen LogP contribution < -0.4 is 4.74 Å². The van der Waals surface area contributed by atoms with Crippen LogP contribution in [-0.2, 0) is 4.79 Å². The maximum atomic E-state index is 11.1. The fraction of sp³-hybridized carbons (Fsp3) is 0.462. The lowest BCUT2D eigenvalue weighted by atomic mass is 10.1. The summed E-state index contributed by atoms with van der Waals surface area (Å²) >= 11 is 1.10. The summed E-state index contributed by atoms with van der Waals surface area (Å²) < 4.78 is 5.09. The first-order valence-corrected chi connectivity index (χ1v) is 7.06. The van der Waals surface area contributed by atoms with Crippen molar-refractivity contribution in [2.75, 3.05) is 13.7 Å². The van der Waals surface area contributed by atoms with Crippen molar-refractivity contribution < 1.29 is 19.6 Å². The summed E-state index contributed by atoms with van der Waals surface area (Å²) in [5.41, 5.74) is 0.700. The standard InChI is InChI=1S/C13H17NO5S/c1-3-11(13(15)16)20-12(8-14(17)18)9-5-4-6-10(7-9)19-2/h4-7,11-12H,3,8H2,1-2H3,(H,15,16). The van der Waals surface area contributed by atoms with Crippen molar-refractivity contribution in [2.45, 2.75) is 23.8 Å². The molecule has 0 fully saturated rings. The second kappa shape index (κ2) is 7.74. The van der Waals surface area contributed by atoms with E-state index in [-0.39, 0.29) is 6.54 Å². The van der Waals surface area contributed by atoms with E-state index in [1.165, 1.54) is 7.11 Å². The SMILES string of the molecule is CCC(SC(C[N+](=O)[O-])c1cccc(OC)c1)C(=O)O. The summed E-state index contributed by atoms with van der Waals surface area (Å²) in [6.07, 6.45) is 0.415. The molecule has 20 heavy (non-hydrogen) atoms. The molecule has 2 unspecified atom stereocenters. The molecule has 2 atom stereocenters. The van der Waals surface area contributed by atoms with Crippen LogP contribution in [0.4, 0.5) is 0 Å². The molecule has 0 aliphatic heterocycles. The number of methoxy groups -OCH3 is 1. The second-order valence-corrected chi connectivity index (χ2v) is 5.56. The largest absolute Gasteiger partial charge is 0.497 e. The Morgan fingerprint density at radius 2 is 2.25 bits per heavy atom. The lowest BCUT2D eigenvalue weighted by Gasteiger charge is -2.17. The van der Waals surface area contributed by atoms with E-state index < -0.39 is 21.4 Å². The van der Waals surface area contributed by atoms with Gasteiger partial charge in [-0.15, -0.1) is 11.8 Å². The van der Waals surface area contributed by atoms with Crippen LogP contribution in [0.3, 0.4) is 0 Å². The first-order chi connectivity index (χ1) is 9.47. The van der Waals surface area contributed by atoms with Gasteiger partial charge in [-0.05, 0) is 24.1 Å². The highest BCUT2D eigenvalue weighted by Crippen LogP contribution is 2.35. The van der Waals surface area contributed by atoms with Crippen LogP contribution in [0.1, 0.15) is 24.2 Å². The Labute approximate surface area is 121 Å². The minimum Gasteiger partial charge on any atom is -0.497 e. The molecule has 1 aromatic rings. The van der Waals surface area contributed by atoms with E-state index in [0.29, 0.717) is 17.7 Å². The first-order valence-electron chi connectivity index (χ1n) is 6.12. The predicted octanol–water partition coefficient (Wildman–Crippen LogP) is 2.61. The number of aliphatic carboxylic acids is 1. The Kier molecular flexibility index (Phi) is 6.30. The number of thioether (sulfide) groups is 1. The van der Waals surface area contributed by atoms with Crippen molar-refractivity contribution in [1.29, 1.82) is 0 Å². The van der Waals surface area contributed by atoms with E-state index in [9.17, 15) is 14.9 Å². The first kappa shape index (κ1) is 16.3. The van der Waals surface area contributed by atoms with Crippen molar-refractivity contribution in [2.24, 2.45) is 0 Å². The molecule has 0 aliphatic rings. The molecule has 1 N–H and O–H groups in total. The molecule has 0 aliphatic carbocycles. The zero-order valence-corrected chi connectivity index (χ0v) is 12.1. The summed E-state index contributed by atoms with van der Waals surface area (Å²) in [6.45, 7) is 1.43. The average molecular weight is 299 g/mol. The zero-order valence-electron chi connectivity index (χ0n) is 11.3. The molecule has 1 rings (SSSR count). The molecular weight excluding hydrogens is 282 g/mol. The third-order valence-electron chi connectivity index (χ3n) is 2.76. The van der Waals surface area contributed by atoms with Gasteiger partial charge in [-0.25, -0.2) is 0 Å². The lowest BCUT2D eigenvalue weighted by Crippen LogP contribution is -2.20. The molecule has 0 aromatic heterocycles. The minimum atomic E-state index is -0.950. The van der Waals surface area contributed by atoms with Crippen molar-refractivity contribution in [1.82, 2.24) is 0 Å². The normalized spacial score (nSPS) is 13.5. The van der Waals surface area contributed by atoms with Crippen LogP contribution in [0, 0.1) is 10.1 Å². The Hall–Kier alpha value is -1.76. The van der Waals surface area contributed by atoms with E-state index in [1.54, 1.807) is 31.2 Å². The zero-order chi connectivity index (χ0) is 15.1. The molecule has 0 saturated heterocycles. The van der Waals surface area contributed by atoms with Crippen LogP contribution in [0.15, 0.2) is 24.3 Å². The molecule has 110 valence electrons. The van der Waals surface area contributed by atoms with Gasteiger partial charge in [-0.3, -0.25) is 14.9 Å². The van der Waals surface area contributed by atoms with Gasteiger partial charge in [0.05, 0.1) is 12.4 Å². The van der Waals surface area contributed by atoms with E-state index in [2.05, 4.69) is 0 Å². The summed E-state index contributed by atoms with van der Waals surface area (Å²) in [7, 11) is 1.51. The number of ether oxygens (including phenoxy) is 1. The highest BCUT2D eigenvalue weighted by molar-refractivity contribution is 8.00. The van der Waals surface area contributed by atoms with Gasteiger partial charge < -0.3 is 9.84 Å². The van der Waals surface area contributed by atoms with Crippen LogP contribution in [0.2, 0.25) is 0 Å². The maximum Gasteiger partial charge on any atom is 0.316 e. The number of carbonyl (C=O) groups is 1. The smallest absolute Gasteiger partial charge is 0.316 e. The van der Waals surface area contributed by atoms with Gasteiger partial charge >= 0.3 is 5.97 Å². The monoisotopic (exact) mass is 299 g/mol. The highest BCUT2D eigenvalue weighted by Gasteiger charge is 2.26. The number of nitrogens with zero attached hydrogens (tertiary/aromatic N) is 1. The number of benzene rings is 1. The summed E-state index contributed by atoms with van der Waals surface area (Å²) in [5.74, 6) is -0.353. The molecule has 1 aromatic carbocycles. The lowest BCUT2D eigenvalue weighted by molar-refractivity contribution is -0.479. The molecule has 0 radical (unpaired) electrons. The summed E-state index contributed by atoms with van der Waals surface area (Å²) in [4.78, 5) is 21.5. The Morgan fingerprint density at radius 1 is 1.55 bits per heavy atom. The van der Waals surface area contributed by atoms with Crippen molar-refractivity contribution >= 4 is 17.7 Å². The van der Waals surface area contributed by atoms with Crippen LogP contribution in [0.5, 0.6) is 5.75 Å². The van der Waals surface area contributed by atoms with Crippen molar-refractivity contribution in [3.8, 4) is 5.75 Å². The van der Waals surface area contributed by atoms with E-state index in [4.69, 9.17) is 9.84 Å². The summed E-state index contributed by atoms with van der Waals surface area (Å²) in [6, 6.07) is 6.93. The predicted molar refractivity (Wildman–Crippen MR) is 76.9 cm³/mol. The van der Waals surface area contributed by atoms with E-state index in [0.717, 1.165) is 11.8 Å². The Balaban J connectivity index is 2.98. The molecule has 0 bridgehead atoms. The van der Waals surface area contributed by atoms with Gasteiger partial charge in [-0.1, -0.05) is 19.1 Å². The van der Waals surface area contributed by atoms with Gasteiger partial charge in [-0.2, -0.15) is 0 Å². The van der Waals surface area contributed by atoms with Crippen molar-refractivity contribution in [3.63, 3.8) is 0 Å². The third kappa shape index (κ3) is 4.73. The Morgan fingerprint density at radius 3 is 2.75 bits per heavy atom. The van der Waals surface area contributed by atoms with Gasteiger partial charge in [0.2, 0.25) is 6.54 Å². The highest BCUT2D eigenvalue weighted by atomic mass is 32.2. The number of hydrogen-bond donors (Lipinski definition) is 1. The van der Waals surface area contributed by atoms with Crippen LogP contribution in [-0.4, -0.2) is 34.9 Å². The number of carboxylic acids is 1. The molecule has 0 spiro atoms. The third-order valence-corrected chi connectivity index (χ3v) is 4.37. The molecule has 0 amide bonds. The molecule has 0 saturated carbocycles. The number of nitro groups is 1. The fourth-order valence-electron chi connectivity index (χ4n) is 1.73. The molecule has 7 heteroatoms. The van der Waals surface area contributed by atoms with Gasteiger partial charge in [0.25, 0.3) is 0 Å². The topological polar surface area (TPSA) is 89.7 Å². The fourth-order valence-corrected chi connectivity index (χ4v) is 2.95. The number of rotatable bonds is 8. The second-order valence-electron chi connectivity index (χ2n) is 4.15. The molecular formula is C13H17NO5S. The molecule has 6 nitrogen and oxygen atoms in total. The Bertz CT molecular complexity index is 480. The quantitative estimate of drug-likeness (QED) is 0.586.